The number of carbonyl (C=O) groups excluding carboxylic acids is 2. The van der Waals surface area contributed by atoms with Gasteiger partial charge in [0.1, 0.15) is 6.10 Å². The molecule has 0 aromatic carbocycles. The van der Waals surface area contributed by atoms with Crippen LogP contribution < -0.4 is 0 Å². The Morgan fingerprint density at radius 2 is 1.28 bits per heavy atom. The normalized spacial score (nSPS) is 12.0. The van der Waals surface area contributed by atoms with E-state index in [1.807, 2.05) is 0 Å². The first-order valence-electron chi connectivity index (χ1n) is 10.5. The van der Waals surface area contributed by atoms with Crippen LogP contribution in [0, 0.1) is 0 Å². The van der Waals surface area contributed by atoms with Crippen LogP contribution in [-0.4, -0.2) is 24.6 Å². The van der Waals surface area contributed by atoms with E-state index in [1.165, 1.54) is 0 Å². The molecule has 0 amide bonds. The van der Waals surface area contributed by atoms with Crippen molar-refractivity contribution < 1.29 is 19.1 Å². The van der Waals surface area contributed by atoms with Crippen molar-refractivity contribution in [3.05, 3.63) is 0 Å². The summed E-state index contributed by atoms with van der Waals surface area (Å²) in [5.74, 6) is -0.109. The molecule has 1 unspecified atom stereocenters. The van der Waals surface area contributed by atoms with E-state index in [0.717, 1.165) is 77.0 Å². The van der Waals surface area contributed by atoms with Crippen LogP contribution in [0.2, 0.25) is 0 Å². The molecular formula is C21H40O4. The molecule has 0 saturated carbocycles. The van der Waals surface area contributed by atoms with Crippen LogP contribution in [0.25, 0.3) is 0 Å². The van der Waals surface area contributed by atoms with E-state index in [4.69, 9.17) is 9.47 Å². The van der Waals surface area contributed by atoms with Crippen LogP contribution in [0.4, 0.5) is 0 Å². The maximum absolute atomic E-state index is 11.8. The molecule has 0 aliphatic heterocycles. The van der Waals surface area contributed by atoms with Gasteiger partial charge in [0.05, 0.1) is 6.61 Å². The van der Waals surface area contributed by atoms with Crippen molar-refractivity contribution in [2.45, 2.75) is 117 Å². The molecular weight excluding hydrogens is 316 g/mol. The third-order valence-electron chi connectivity index (χ3n) is 4.41. The van der Waals surface area contributed by atoms with Gasteiger partial charge in [0.25, 0.3) is 0 Å². The number of carbonyl (C=O) groups is 2. The van der Waals surface area contributed by atoms with Gasteiger partial charge in [0.15, 0.2) is 0 Å². The number of hydrogen-bond donors (Lipinski definition) is 0. The smallest absolute Gasteiger partial charge is 0.306 e. The first-order valence-corrected chi connectivity index (χ1v) is 10.5. The van der Waals surface area contributed by atoms with Crippen molar-refractivity contribution in [3.63, 3.8) is 0 Å². The lowest BCUT2D eigenvalue weighted by Gasteiger charge is -2.15. The van der Waals surface area contributed by atoms with E-state index in [0.29, 0.717) is 19.4 Å². The third-order valence-corrected chi connectivity index (χ3v) is 4.41. The Kier molecular flexibility index (Phi) is 17.0. The fourth-order valence-electron chi connectivity index (χ4n) is 2.67. The largest absolute Gasteiger partial charge is 0.466 e. The first-order chi connectivity index (χ1) is 12.1. The molecule has 0 heterocycles. The summed E-state index contributed by atoms with van der Waals surface area (Å²) in [7, 11) is 0. The molecule has 0 spiro atoms. The highest BCUT2D eigenvalue weighted by Crippen LogP contribution is 2.13. The number of ether oxygens (including phenoxy) is 2. The van der Waals surface area contributed by atoms with Gasteiger partial charge in [-0.2, -0.15) is 0 Å². The summed E-state index contributed by atoms with van der Waals surface area (Å²) in [5, 5.41) is 0. The third kappa shape index (κ3) is 16.2. The van der Waals surface area contributed by atoms with Gasteiger partial charge in [-0.25, -0.2) is 0 Å². The highest BCUT2D eigenvalue weighted by atomic mass is 16.5. The van der Waals surface area contributed by atoms with Crippen molar-refractivity contribution in [2.75, 3.05) is 6.61 Å². The molecule has 0 aromatic heterocycles. The highest BCUT2D eigenvalue weighted by Gasteiger charge is 2.11. The number of unbranched alkanes of at least 4 members (excludes halogenated alkanes) is 7. The summed E-state index contributed by atoms with van der Waals surface area (Å²) in [6, 6.07) is 0. The standard InChI is InChI=1S/C21H40O4/c1-4-7-15-19(6-3)25-21(23)17-14-12-10-9-11-13-16-20(22)24-18-8-5-2/h19H,4-18H2,1-3H3. The van der Waals surface area contributed by atoms with E-state index >= 15 is 0 Å². The first kappa shape index (κ1) is 23.9. The van der Waals surface area contributed by atoms with Crippen molar-refractivity contribution in [1.29, 1.82) is 0 Å². The van der Waals surface area contributed by atoms with E-state index < -0.39 is 0 Å². The van der Waals surface area contributed by atoms with Crippen molar-refractivity contribution in [3.8, 4) is 0 Å². The Labute approximate surface area is 155 Å². The van der Waals surface area contributed by atoms with Gasteiger partial charge in [0, 0.05) is 12.8 Å². The topological polar surface area (TPSA) is 52.6 Å². The van der Waals surface area contributed by atoms with Crippen LogP contribution >= 0.6 is 0 Å². The van der Waals surface area contributed by atoms with Crippen LogP contribution in [-0.2, 0) is 19.1 Å². The lowest BCUT2D eigenvalue weighted by molar-refractivity contribution is -0.149. The summed E-state index contributed by atoms with van der Waals surface area (Å²) in [5.41, 5.74) is 0. The maximum Gasteiger partial charge on any atom is 0.306 e. The quantitative estimate of drug-likeness (QED) is 0.238. The van der Waals surface area contributed by atoms with Gasteiger partial charge < -0.3 is 9.47 Å². The molecule has 0 aromatic rings. The van der Waals surface area contributed by atoms with Gasteiger partial charge in [0.2, 0.25) is 0 Å². The number of hydrogen-bond acceptors (Lipinski definition) is 4. The van der Waals surface area contributed by atoms with Crippen molar-refractivity contribution in [2.24, 2.45) is 0 Å². The second-order valence-corrected chi connectivity index (χ2v) is 6.86. The van der Waals surface area contributed by atoms with E-state index in [2.05, 4.69) is 20.8 Å². The Balaban J connectivity index is 3.45. The second kappa shape index (κ2) is 17.8. The van der Waals surface area contributed by atoms with Crippen molar-refractivity contribution >= 4 is 11.9 Å². The van der Waals surface area contributed by atoms with Crippen LogP contribution in [0.3, 0.4) is 0 Å². The predicted octanol–water partition coefficient (Wildman–Crippen LogP) is 5.96. The average Bonchev–Trinajstić information content (AvgIpc) is 2.61. The minimum atomic E-state index is -0.0650. The molecule has 0 bridgehead atoms. The Morgan fingerprint density at radius 3 is 1.84 bits per heavy atom. The Bertz CT molecular complexity index is 328. The average molecular weight is 357 g/mol. The fourth-order valence-corrected chi connectivity index (χ4v) is 2.67. The van der Waals surface area contributed by atoms with Crippen LogP contribution in [0.5, 0.6) is 0 Å². The summed E-state index contributed by atoms with van der Waals surface area (Å²) in [6.45, 7) is 6.88. The molecule has 0 aliphatic carbocycles. The zero-order valence-electron chi connectivity index (χ0n) is 16.8. The molecule has 148 valence electrons. The summed E-state index contributed by atoms with van der Waals surface area (Å²) < 4.78 is 10.7. The monoisotopic (exact) mass is 356 g/mol. The van der Waals surface area contributed by atoms with E-state index in [-0.39, 0.29) is 18.0 Å². The number of esters is 2. The zero-order chi connectivity index (χ0) is 18.8. The molecule has 0 rings (SSSR count). The molecule has 4 heteroatoms. The molecule has 0 saturated heterocycles. The lowest BCUT2D eigenvalue weighted by atomic mass is 10.1. The van der Waals surface area contributed by atoms with Gasteiger partial charge >= 0.3 is 11.9 Å². The van der Waals surface area contributed by atoms with Gasteiger partial charge in [-0.15, -0.1) is 0 Å². The molecule has 0 aliphatic rings. The van der Waals surface area contributed by atoms with Crippen molar-refractivity contribution in [1.82, 2.24) is 0 Å². The molecule has 0 fully saturated rings. The van der Waals surface area contributed by atoms with Gasteiger partial charge in [-0.05, 0) is 32.1 Å². The predicted molar refractivity (Wildman–Crippen MR) is 102 cm³/mol. The molecule has 0 radical (unpaired) electrons. The number of rotatable bonds is 17. The zero-order valence-corrected chi connectivity index (χ0v) is 16.8. The van der Waals surface area contributed by atoms with E-state index in [1.54, 1.807) is 0 Å². The fraction of sp³-hybridized carbons (Fsp3) is 0.905. The Hall–Kier alpha value is -1.06. The SMILES string of the molecule is CCCCOC(=O)CCCCCCCCC(=O)OC(CC)CCCC. The lowest BCUT2D eigenvalue weighted by Crippen LogP contribution is -2.17. The summed E-state index contributed by atoms with van der Waals surface area (Å²) >= 11 is 0. The Morgan fingerprint density at radius 1 is 0.720 bits per heavy atom. The van der Waals surface area contributed by atoms with Crippen LogP contribution in [0.1, 0.15) is 111 Å². The second-order valence-electron chi connectivity index (χ2n) is 6.86. The minimum Gasteiger partial charge on any atom is -0.466 e. The molecule has 1 atom stereocenters. The highest BCUT2D eigenvalue weighted by molar-refractivity contribution is 5.69. The van der Waals surface area contributed by atoms with Crippen LogP contribution in [0.15, 0.2) is 0 Å². The molecule has 4 nitrogen and oxygen atoms in total. The minimum absolute atomic E-state index is 0.0437. The molecule has 25 heavy (non-hydrogen) atoms. The van der Waals surface area contributed by atoms with Gasteiger partial charge in [-0.1, -0.05) is 65.7 Å². The maximum atomic E-state index is 11.8. The molecule has 0 N–H and O–H groups in total. The van der Waals surface area contributed by atoms with Gasteiger partial charge in [-0.3, -0.25) is 9.59 Å². The summed E-state index contributed by atoms with van der Waals surface area (Å²) in [4.78, 5) is 23.3. The van der Waals surface area contributed by atoms with E-state index in [9.17, 15) is 9.59 Å². The summed E-state index contributed by atoms with van der Waals surface area (Å²) in [6.07, 6.45) is 13.5.